The molecular weight excluding hydrogens is 315 g/mol. The maximum Gasteiger partial charge on any atom is 0.0991 e. The summed E-state index contributed by atoms with van der Waals surface area (Å²) in [5.74, 6) is 0.294. The smallest absolute Gasteiger partial charge is 0.0991 e. The molecule has 4 heteroatoms. The lowest BCUT2D eigenvalue weighted by atomic mass is 9.76. The van der Waals surface area contributed by atoms with Crippen LogP contribution in [0.1, 0.15) is 47.1 Å². The topological polar surface area (TPSA) is 35.8 Å². The van der Waals surface area contributed by atoms with Crippen LogP contribution in [0.15, 0.2) is 36.4 Å². The first kappa shape index (κ1) is 15.4. The zero-order valence-corrected chi connectivity index (χ0v) is 13.7. The number of nitrogens with zero attached hydrogens (tertiary/aromatic N) is 1. The van der Waals surface area contributed by atoms with Crippen molar-refractivity contribution < 1.29 is 0 Å². The van der Waals surface area contributed by atoms with Gasteiger partial charge in [0, 0.05) is 12.0 Å². The second kappa shape index (κ2) is 6.30. The standard InChI is InChI=1S/C18H16Cl2N2/c1-22-18-7-5-13(12-3-6-16(19)17(20)9-12)14-4-2-11(10-21)8-15(14)18/h2-4,6,8-9,13,18,22H,5,7H2,1H3. The maximum absolute atomic E-state index is 9.15. The van der Waals surface area contributed by atoms with E-state index in [9.17, 15) is 0 Å². The number of nitrogens with one attached hydrogen (secondary N) is 1. The van der Waals surface area contributed by atoms with Crippen LogP contribution in [0.4, 0.5) is 0 Å². The highest BCUT2D eigenvalue weighted by atomic mass is 35.5. The zero-order chi connectivity index (χ0) is 15.7. The number of fused-ring (bicyclic) bond motifs is 1. The third-order valence-corrected chi connectivity index (χ3v) is 5.14. The number of halogens is 2. The van der Waals surface area contributed by atoms with Crippen molar-refractivity contribution in [2.45, 2.75) is 24.8 Å². The molecule has 22 heavy (non-hydrogen) atoms. The highest BCUT2D eigenvalue weighted by Gasteiger charge is 2.28. The molecule has 2 unspecified atom stereocenters. The molecule has 112 valence electrons. The van der Waals surface area contributed by atoms with E-state index in [1.165, 1.54) is 16.7 Å². The van der Waals surface area contributed by atoms with Gasteiger partial charge in [-0.05, 0) is 60.8 Å². The number of rotatable bonds is 2. The van der Waals surface area contributed by atoms with E-state index in [1.807, 2.05) is 37.4 Å². The second-order valence-corrected chi connectivity index (χ2v) is 6.41. The summed E-state index contributed by atoms with van der Waals surface area (Å²) in [7, 11) is 1.97. The Morgan fingerprint density at radius 3 is 2.55 bits per heavy atom. The van der Waals surface area contributed by atoms with Crippen molar-refractivity contribution >= 4 is 23.2 Å². The van der Waals surface area contributed by atoms with Crippen molar-refractivity contribution in [2.24, 2.45) is 0 Å². The minimum atomic E-state index is 0.294. The van der Waals surface area contributed by atoms with E-state index >= 15 is 0 Å². The van der Waals surface area contributed by atoms with E-state index in [-0.39, 0.29) is 0 Å². The molecule has 2 aromatic rings. The molecule has 1 aliphatic rings. The molecule has 0 saturated heterocycles. The summed E-state index contributed by atoms with van der Waals surface area (Å²) in [5, 5.41) is 13.7. The normalized spacial score (nSPS) is 20.3. The number of nitriles is 1. The average Bonchev–Trinajstić information content (AvgIpc) is 2.55. The van der Waals surface area contributed by atoms with Gasteiger partial charge in [0.1, 0.15) is 0 Å². The van der Waals surface area contributed by atoms with E-state index in [0.29, 0.717) is 27.6 Å². The van der Waals surface area contributed by atoms with Crippen molar-refractivity contribution in [3.63, 3.8) is 0 Å². The van der Waals surface area contributed by atoms with Crippen LogP contribution in [0.3, 0.4) is 0 Å². The number of benzene rings is 2. The first-order chi connectivity index (χ1) is 10.6. The molecule has 2 atom stereocenters. The monoisotopic (exact) mass is 330 g/mol. The lowest BCUT2D eigenvalue weighted by Crippen LogP contribution is -2.24. The summed E-state index contributed by atoms with van der Waals surface area (Å²) in [6.07, 6.45) is 2.08. The Balaban J connectivity index is 2.09. The van der Waals surface area contributed by atoms with Crippen molar-refractivity contribution in [3.8, 4) is 6.07 Å². The van der Waals surface area contributed by atoms with Crippen LogP contribution in [-0.2, 0) is 0 Å². The third kappa shape index (κ3) is 2.73. The highest BCUT2D eigenvalue weighted by Crippen LogP contribution is 2.42. The Labute approximate surface area is 140 Å². The minimum absolute atomic E-state index is 0.294. The van der Waals surface area contributed by atoms with Gasteiger partial charge < -0.3 is 5.32 Å². The number of hydrogen-bond acceptors (Lipinski definition) is 2. The van der Waals surface area contributed by atoms with E-state index in [1.54, 1.807) is 0 Å². The Morgan fingerprint density at radius 2 is 1.86 bits per heavy atom. The molecule has 1 aliphatic carbocycles. The SMILES string of the molecule is CNC1CCC(c2ccc(Cl)c(Cl)c2)c2ccc(C#N)cc21. The summed E-state index contributed by atoms with van der Waals surface area (Å²) in [6.45, 7) is 0. The fourth-order valence-corrected chi connectivity index (χ4v) is 3.59. The van der Waals surface area contributed by atoms with Gasteiger partial charge in [-0.3, -0.25) is 0 Å². The van der Waals surface area contributed by atoms with Gasteiger partial charge in [-0.1, -0.05) is 35.3 Å². The molecule has 0 amide bonds. The Morgan fingerprint density at radius 1 is 1.05 bits per heavy atom. The third-order valence-electron chi connectivity index (χ3n) is 4.41. The van der Waals surface area contributed by atoms with Crippen LogP contribution in [0.2, 0.25) is 10.0 Å². The summed E-state index contributed by atoms with van der Waals surface area (Å²) < 4.78 is 0. The van der Waals surface area contributed by atoms with Crippen LogP contribution in [-0.4, -0.2) is 7.05 Å². The molecule has 0 spiro atoms. The second-order valence-electron chi connectivity index (χ2n) is 5.60. The van der Waals surface area contributed by atoms with Crippen molar-refractivity contribution in [3.05, 3.63) is 68.7 Å². The van der Waals surface area contributed by atoms with Gasteiger partial charge in [0.2, 0.25) is 0 Å². The summed E-state index contributed by atoms with van der Waals surface area (Å²) >= 11 is 12.2. The number of hydrogen-bond donors (Lipinski definition) is 1. The van der Waals surface area contributed by atoms with Crippen molar-refractivity contribution in [1.29, 1.82) is 5.26 Å². The molecule has 0 heterocycles. The summed E-state index contributed by atoms with van der Waals surface area (Å²) in [6, 6.07) is 14.3. The van der Waals surface area contributed by atoms with Crippen molar-refractivity contribution in [2.75, 3.05) is 7.05 Å². The summed E-state index contributed by atoms with van der Waals surface area (Å²) in [4.78, 5) is 0. The van der Waals surface area contributed by atoms with Gasteiger partial charge in [0.15, 0.2) is 0 Å². The van der Waals surface area contributed by atoms with Gasteiger partial charge in [-0.2, -0.15) is 5.26 Å². The van der Waals surface area contributed by atoms with Gasteiger partial charge in [0.25, 0.3) is 0 Å². The fraction of sp³-hybridized carbons (Fsp3) is 0.278. The molecule has 3 rings (SSSR count). The predicted octanol–water partition coefficient (Wildman–Crippen LogP) is 5.05. The molecular formula is C18H16Cl2N2. The van der Waals surface area contributed by atoms with Crippen molar-refractivity contribution in [1.82, 2.24) is 5.32 Å². The maximum atomic E-state index is 9.15. The molecule has 2 nitrogen and oxygen atoms in total. The van der Waals surface area contributed by atoms with Gasteiger partial charge in [-0.25, -0.2) is 0 Å². The average molecular weight is 331 g/mol. The molecule has 0 radical (unpaired) electrons. The molecule has 0 fully saturated rings. The van der Waals surface area contributed by atoms with E-state index in [2.05, 4.69) is 17.5 Å². The van der Waals surface area contributed by atoms with Gasteiger partial charge in [0.05, 0.1) is 21.7 Å². The zero-order valence-electron chi connectivity index (χ0n) is 12.2. The quantitative estimate of drug-likeness (QED) is 0.836. The lowest BCUT2D eigenvalue weighted by molar-refractivity contribution is 0.470. The molecule has 0 aromatic heterocycles. The van der Waals surface area contributed by atoms with Crippen LogP contribution in [0.25, 0.3) is 0 Å². The fourth-order valence-electron chi connectivity index (χ4n) is 3.28. The lowest BCUT2D eigenvalue weighted by Gasteiger charge is -2.32. The molecule has 0 bridgehead atoms. The van der Waals surface area contributed by atoms with Crippen LogP contribution < -0.4 is 5.32 Å². The highest BCUT2D eigenvalue weighted by molar-refractivity contribution is 6.42. The van der Waals surface area contributed by atoms with Gasteiger partial charge >= 0.3 is 0 Å². The molecule has 0 aliphatic heterocycles. The first-order valence-corrected chi connectivity index (χ1v) is 8.05. The molecule has 2 aromatic carbocycles. The minimum Gasteiger partial charge on any atom is -0.313 e. The van der Waals surface area contributed by atoms with Crippen LogP contribution in [0.5, 0.6) is 0 Å². The van der Waals surface area contributed by atoms with E-state index < -0.39 is 0 Å². The van der Waals surface area contributed by atoms with Crippen LogP contribution in [0, 0.1) is 11.3 Å². The Bertz CT molecular complexity index is 749. The van der Waals surface area contributed by atoms with Gasteiger partial charge in [-0.15, -0.1) is 0 Å². The van der Waals surface area contributed by atoms with Crippen LogP contribution >= 0.6 is 23.2 Å². The molecule has 0 saturated carbocycles. The largest absolute Gasteiger partial charge is 0.313 e. The predicted molar refractivity (Wildman–Crippen MR) is 90.5 cm³/mol. The Kier molecular flexibility index (Phi) is 4.40. The Hall–Kier alpha value is -1.53. The molecule has 1 N–H and O–H groups in total. The summed E-state index contributed by atoms with van der Waals surface area (Å²) in [5.41, 5.74) is 4.36. The van der Waals surface area contributed by atoms with E-state index in [4.69, 9.17) is 28.5 Å². The first-order valence-electron chi connectivity index (χ1n) is 7.30. The van der Waals surface area contributed by atoms with E-state index in [0.717, 1.165) is 12.8 Å².